The van der Waals surface area contributed by atoms with Gasteiger partial charge in [-0.25, -0.2) is 0 Å². The zero-order chi connectivity index (χ0) is 18.2. The highest BCUT2D eigenvalue weighted by molar-refractivity contribution is 5.82. The summed E-state index contributed by atoms with van der Waals surface area (Å²) in [6.45, 7) is 2.15. The molecule has 27 heavy (non-hydrogen) atoms. The van der Waals surface area contributed by atoms with Gasteiger partial charge in [-0.3, -0.25) is 0 Å². The van der Waals surface area contributed by atoms with E-state index in [0.29, 0.717) is 5.92 Å². The van der Waals surface area contributed by atoms with Crippen molar-refractivity contribution < 1.29 is 0 Å². The van der Waals surface area contributed by atoms with Crippen molar-refractivity contribution in [3.63, 3.8) is 0 Å². The number of benzene rings is 4. The van der Waals surface area contributed by atoms with Gasteiger partial charge in [0.2, 0.25) is 0 Å². The molecule has 0 saturated heterocycles. The topological polar surface area (TPSA) is 0 Å². The highest BCUT2D eigenvalue weighted by Crippen LogP contribution is 2.47. The minimum atomic E-state index is 0.419. The van der Waals surface area contributed by atoms with Gasteiger partial charge in [-0.15, -0.1) is 0 Å². The number of aryl methyl sites for hydroxylation is 1. The molecule has 5 rings (SSSR count). The molecule has 0 heteroatoms. The molecule has 0 saturated carbocycles. The summed E-state index contributed by atoms with van der Waals surface area (Å²) in [6, 6.07) is 35.6. The van der Waals surface area contributed by atoms with Crippen molar-refractivity contribution >= 4 is 0 Å². The van der Waals surface area contributed by atoms with Crippen molar-refractivity contribution in [2.24, 2.45) is 0 Å². The Hall–Kier alpha value is -3.12. The van der Waals surface area contributed by atoms with E-state index in [0.717, 1.165) is 6.42 Å². The van der Waals surface area contributed by atoms with E-state index in [9.17, 15) is 0 Å². The molecule has 0 fully saturated rings. The van der Waals surface area contributed by atoms with Gasteiger partial charge in [0.15, 0.2) is 0 Å². The smallest absolute Gasteiger partial charge is 0.0142 e. The average molecular weight is 346 g/mol. The highest BCUT2D eigenvalue weighted by Gasteiger charge is 2.28. The Labute approximate surface area is 161 Å². The van der Waals surface area contributed by atoms with Gasteiger partial charge >= 0.3 is 0 Å². The molecule has 1 aliphatic rings. The van der Waals surface area contributed by atoms with Crippen LogP contribution in [0.5, 0.6) is 0 Å². The quantitative estimate of drug-likeness (QED) is 0.374. The molecule has 1 atom stereocenters. The molecule has 0 aliphatic heterocycles. The van der Waals surface area contributed by atoms with Gasteiger partial charge in [0.25, 0.3) is 0 Å². The second-order valence-corrected chi connectivity index (χ2v) is 7.50. The minimum absolute atomic E-state index is 0.419. The van der Waals surface area contributed by atoms with Crippen molar-refractivity contribution in [1.29, 1.82) is 0 Å². The summed E-state index contributed by atoms with van der Waals surface area (Å²) in [7, 11) is 0. The van der Waals surface area contributed by atoms with E-state index in [2.05, 4.69) is 104 Å². The number of hydrogen-bond donors (Lipinski definition) is 0. The first-order valence-corrected chi connectivity index (χ1v) is 9.64. The van der Waals surface area contributed by atoms with Crippen LogP contribution in [0.4, 0.5) is 0 Å². The van der Waals surface area contributed by atoms with Crippen LogP contribution in [-0.4, -0.2) is 0 Å². The maximum Gasteiger partial charge on any atom is 0.0142 e. The summed E-state index contributed by atoms with van der Waals surface area (Å²) in [5.74, 6) is 0.419. The lowest BCUT2D eigenvalue weighted by Gasteiger charge is -2.15. The predicted molar refractivity (Wildman–Crippen MR) is 114 cm³/mol. The lowest BCUT2D eigenvalue weighted by molar-refractivity contribution is 0.827. The molecule has 0 spiro atoms. The molecule has 4 aromatic carbocycles. The summed E-state index contributed by atoms with van der Waals surface area (Å²) in [5.41, 5.74) is 11.0. The van der Waals surface area contributed by atoms with Crippen LogP contribution in [0.15, 0.2) is 97.1 Å². The van der Waals surface area contributed by atoms with Gasteiger partial charge in [0.05, 0.1) is 0 Å². The molecule has 1 unspecified atom stereocenters. The fourth-order valence-corrected chi connectivity index (χ4v) is 4.30. The Kier molecular flexibility index (Phi) is 3.90. The van der Waals surface area contributed by atoms with Crippen LogP contribution >= 0.6 is 0 Å². The normalized spacial score (nSPS) is 14.6. The fraction of sp³-hybridized carbons (Fsp3) is 0.111. The molecule has 4 aromatic rings. The van der Waals surface area contributed by atoms with Crippen molar-refractivity contribution in [3.05, 3.63) is 119 Å². The Morgan fingerprint density at radius 1 is 0.593 bits per heavy atom. The van der Waals surface area contributed by atoms with Gasteiger partial charge < -0.3 is 0 Å². The van der Waals surface area contributed by atoms with Gasteiger partial charge in [-0.2, -0.15) is 0 Å². The zero-order valence-electron chi connectivity index (χ0n) is 15.5. The molecule has 0 aromatic heterocycles. The largest absolute Gasteiger partial charge is 0.0622 e. The van der Waals surface area contributed by atoms with E-state index in [4.69, 9.17) is 0 Å². The van der Waals surface area contributed by atoms with Crippen LogP contribution in [0.2, 0.25) is 0 Å². The highest BCUT2D eigenvalue weighted by atomic mass is 14.3. The number of rotatable bonds is 3. The third-order valence-electron chi connectivity index (χ3n) is 5.72. The van der Waals surface area contributed by atoms with E-state index in [1.165, 1.54) is 44.5 Å². The molecule has 130 valence electrons. The first-order valence-electron chi connectivity index (χ1n) is 9.64. The van der Waals surface area contributed by atoms with Gasteiger partial charge in [-0.05, 0) is 58.4 Å². The molecule has 1 aliphatic carbocycles. The second-order valence-electron chi connectivity index (χ2n) is 7.50. The average Bonchev–Trinajstić information content (AvgIpc) is 3.04. The molecule has 0 nitrogen and oxygen atoms in total. The van der Waals surface area contributed by atoms with Crippen LogP contribution in [0.25, 0.3) is 22.3 Å². The molecule has 0 bridgehead atoms. The van der Waals surface area contributed by atoms with Crippen LogP contribution < -0.4 is 0 Å². The monoisotopic (exact) mass is 346 g/mol. The van der Waals surface area contributed by atoms with Gasteiger partial charge in [-0.1, -0.05) is 96.6 Å². The fourth-order valence-electron chi connectivity index (χ4n) is 4.30. The summed E-state index contributed by atoms with van der Waals surface area (Å²) in [5, 5.41) is 0. The van der Waals surface area contributed by atoms with Crippen LogP contribution in [-0.2, 0) is 6.42 Å². The Bertz CT molecular complexity index is 1090. The van der Waals surface area contributed by atoms with E-state index in [-0.39, 0.29) is 0 Å². The van der Waals surface area contributed by atoms with E-state index in [1.807, 2.05) is 0 Å². The maximum absolute atomic E-state index is 2.41. The third-order valence-corrected chi connectivity index (χ3v) is 5.72. The number of fused-ring (bicyclic) bond motifs is 3. The van der Waals surface area contributed by atoms with E-state index in [1.54, 1.807) is 0 Å². The summed E-state index contributed by atoms with van der Waals surface area (Å²) < 4.78 is 0. The summed E-state index contributed by atoms with van der Waals surface area (Å²) >= 11 is 0. The lowest BCUT2D eigenvalue weighted by Crippen LogP contribution is -2.01. The molecule has 0 N–H and O–H groups in total. The van der Waals surface area contributed by atoms with E-state index < -0.39 is 0 Å². The number of hydrogen-bond acceptors (Lipinski definition) is 0. The van der Waals surface area contributed by atoms with Gasteiger partial charge in [0, 0.05) is 5.92 Å². The Morgan fingerprint density at radius 3 is 2.11 bits per heavy atom. The molecule has 0 radical (unpaired) electrons. The van der Waals surface area contributed by atoms with Gasteiger partial charge in [0.1, 0.15) is 0 Å². The molecule has 0 amide bonds. The molecular weight excluding hydrogens is 324 g/mol. The zero-order valence-corrected chi connectivity index (χ0v) is 15.5. The molecular formula is C27H22. The van der Waals surface area contributed by atoms with Crippen LogP contribution in [0.1, 0.15) is 28.2 Å². The Balaban J connectivity index is 1.62. The minimum Gasteiger partial charge on any atom is -0.0622 e. The standard InChI is InChI=1S/C27H22/c1-19-11-13-20(14-12-19)17-26-24-10-6-5-9-23(24)25-16-15-22(18-27(25)26)21-7-3-2-4-8-21/h2-16,18,26H,17H2,1H3. The van der Waals surface area contributed by atoms with Crippen molar-refractivity contribution in [3.8, 4) is 22.3 Å². The van der Waals surface area contributed by atoms with Crippen molar-refractivity contribution in [1.82, 2.24) is 0 Å². The predicted octanol–water partition coefficient (Wildman–Crippen LogP) is 7.02. The van der Waals surface area contributed by atoms with Crippen LogP contribution in [0, 0.1) is 6.92 Å². The van der Waals surface area contributed by atoms with Crippen molar-refractivity contribution in [2.45, 2.75) is 19.3 Å². The third kappa shape index (κ3) is 2.88. The summed E-state index contributed by atoms with van der Waals surface area (Å²) in [6.07, 6.45) is 1.04. The first kappa shape index (κ1) is 16.1. The maximum atomic E-state index is 2.41. The summed E-state index contributed by atoms with van der Waals surface area (Å²) in [4.78, 5) is 0. The lowest BCUT2D eigenvalue weighted by atomic mass is 9.88. The Morgan fingerprint density at radius 2 is 1.30 bits per heavy atom. The SMILES string of the molecule is Cc1ccc(CC2c3ccccc3-c3ccc(-c4ccccc4)cc32)cc1. The van der Waals surface area contributed by atoms with Crippen molar-refractivity contribution in [2.75, 3.05) is 0 Å². The second kappa shape index (κ2) is 6.55. The molecule has 0 heterocycles. The van der Waals surface area contributed by atoms with Crippen LogP contribution in [0.3, 0.4) is 0 Å². The van der Waals surface area contributed by atoms with E-state index >= 15 is 0 Å². The first-order chi connectivity index (χ1) is 13.3.